The molecule has 66 valence electrons. The Morgan fingerprint density at radius 1 is 1.38 bits per heavy atom. The first-order valence-corrected chi connectivity index (χ1v) is 5.05. The standard InChI is InChI=1S/C10H8O2S/c11-6-7-1-2-8-9(12)3-4-13-10(8)5-7/h1-2,5-6H,3-4H2. The van der Waals surface area contributed by atoms with Gasteiger partial charge in [0, 0.05) is 28.2 Å². The molecule has 0 N–H and O–H groups in total. The van der Waals surface area contributed by atoms with Crippen LogP contribution in [-0.4, -0.2) is 17.8 Å². The Bertz CT molecular complexity index is 371. The van der Waals surface area contributed by atoms with Crippen LogP contribution >= 0.6 is 11.8 Å². The van der Waals surface area contributed by atoms with Crippen LogP contribution in [0.25, 0.3) is 0 Å². The molecule has 0 atom stereocenters. The molecule has 1 aliphatic rings. The molecule has 0 fully saturated rings. The quantitative estimate of drug-likeness (QED) is 0.639. The molecule has 0 unspecified atom stereocenters. The van der Waals surface area contributed by atoms with Gasteiger partial charge in [0.15, 0.2) is 5.78 Å². The summed E-state index contributed by atoms with van der Waals surface area (Å²) in [6.07, 6.45) is 1.41. The molecule has 2 nitrogen and oxygen atoms in total. The lowest BCUT2D eigenvalue weighted by atomic mass is 10.1. The second-order valence-electron chi connectivity index (χ2n) is 2.90. The fourth-order valence-electron chi connectivity index (χ4n) is 1.35. The summed E-state index contributed by atoms with van der Waals surface area (Å²) in [5, 5.41) is 0. The van der Waals surface area contributed by atoms with Gasteiger partial charge in [-0.3, -0.25) is 9.59 Å². The Kier molecular flexibility index (Phi) is 2.19. The van der Waals surface area contributed by atoms with Crippen molar-refractivity contribution < 1.29 is 9.59 Å². The molecule has 0 aromatic heterocycles. The number of aldehydes is 1. The summed E-state index contributed by atoms with van der Waals surface area (Å²) in [5.74, 6) is 1.01. The lowest BCUT2D eigenvalue weighted by Crippen LogP contribution is -2.08. The first-order chi connectivity index (χ1) is 6.31. The van der Waals surface area contributed by atoms with Crippen molar-refractivity contribution in [3.63, 3.8) is 0 Å². The van der Waals surface area contributed by atoms with Crippen molar-refractivity contribution in [2.24, 2.45) is 0 Å². The van der Waals surface area contributed by atoms with E-state index in [4.69, 9.17) is 0 Å². The number of carbonyl (C=O) groups is 2. The zero-order valence-electron chi connectivity index (χ0n) is 6.95. The maximum absolute atomic E-state index is 11.4. The summed E-state index contributed by atoms with van der Waals surface area (Å²) in [7, 11) is 0. The van der Waals surface area contributed by atoms with E-state index in [-0.39, 0.29) is 5.78 Å². The normalized spacial score (nSPS) is 15.2. The molecular formula is C10H8O2S. The minimum Gasteiger partial charge on any atom is -0.298 e. The number of ketones is 1. The third kappa shape index (κ3) is 1.52. The maximum Gasteiger partial charge on any atom is 0.164 e. The second-order valence-corrected chi connectivity index (χ2v) is 4.03. The van der Waals surface area contributed by atoms with Crippen molar-refractivity contribution in [3.05, 3.63) is 29.3 Å². The zero-order valence-corrected chi connectivity index (χ0v) is 7.76. The van der Waals surface area contributed by atoms with E-state index in [1.165, 1.54) is 0 Å². The van der Waals surface area contributed by atoms with Gasteiger partial charge in [-0.05, 0) is 12.1 Å². The van der Waals surface area contributed by atoms with E-state index < -0.39 is 0 Å². The Morgan fingerprint density at radius 2 is 2.23 bits per heavy atom. The van der Waals surface area contributed by atoms with Crippen LogP contribution in [0.4, 0.5) is 0 Å². The summed E-state index contributed by atoms with van der Waals surface area (Å²) in [4.78, 5) is 22.8. The second kappa shape index (κ2) is 3.34. The highest BCUT2D eigenvalue weighted by atomic mass is 32.2. The van der Waals surface area contributed by atoms with Crippen molar-refractivity contribution >= 4 is 23.8 Å². The smallest absolute Gasteiger partial charge is 0.164 e. The number of Topliss-reactive ketones (excluding diaryl/α,β-unsaturated/α-hetero) is 1. The van der Waals surface area contributed by atoms with Crippen LogP contribution in [0.15, 0.2) is 23.1 Å². The first kappa shape index (κ1) is 8.51. The van der Waals surface area contributed by atoms with E-state index in [2.05, 4.69) is 0 Å². The number of hydrogen-bond donors (Lipinski definition) is 0. The van der Waals surface area contributed by atoms with Gasteiger partial charge in [-0.1, -0.05) is 6.07 Å². The molecule has 0 amide bonds. The predicted molar refractivity (Wildman–Crippen MR) is 51.5 cm³/mol. The molecular weight excluding hydrogens is 184 g/mol. The molecule has 0 bridgehead atoms. The molecule has 13 heavy (non-hydrogen) atoms. The topological polar surface area (TPSA) is 34.1 Å². The van der Waals surface area contributed by atoms with E-state index in [1.54, 1.807) is 30.0 Å². The average Bonchev–Trinajstić information content (AvgIpc) is 2.18. The van der Waals surface area contributed by atoms with Gasteiger partial charge in [-0.15, -0.1) is 11.8 Å². The highest BCUT2D eigenvalue weighted by molar-refractivity contribution is 7.99. The number of benzene rings is 1. The van der Waals surface area contributed by atoms with Gasteiger partial charge in [0.1, 0.15) is 6.29 Å². The Hall–Kier alpha value is -1.09. The lowest BCUT2D eigenvalue weighted by Gasteiger charge is -2.13. The predicted octanol–water partition coefficient (Wildman–Crippen LogP) is 2.18. The number of thioether (sulfide) groups is 1. The Labute approximate surface area is 80.3 Å². The number of fused-ring (bicyclic) bond motifs is 1. The van der Waals surface area contributed by atoms with Crippen LogP contribution < -0.4 is 0 Å². The summed E-state index contributed by atoms with van der Waals surface area (Å²) < 4.78 is 0. The highest BCUT2D eigenvalue weighted by Gasteiger charge is 2.17. The van der Waals surface area contributed by atoms with Gasteiger partial charge in [0.25, 0.3) is 0 Å². The van der Waals surface area contributed by atoms with Crippen molar-refractivity contribution in [2.45, 2.75) is 11.3 Å². The molecule has 0 aliphatic carbocycles. The van der Waals surface area contributed by atoms with E-state index in [0.717, 1.165) is 22.5 Å². The lowest BCUT2D eigenvalue weighted by molar-refractivity contribution is 0.0984. The van der Waals surface area contributed by atoms with Crippen LogP contribution in [0.1, 0.15) is 27.1 Å². The monoisotopic (exact) mass is 192 g/mol. The fourth-order valence-corrected chi connectivity index (χ4v) is 2.41. The maximum atomic E-state index is 11.4. The van der Waals surface area contributed by atoms with Crippen LogP contribution in [-0.2, 0) is 0 Å². The molecule has 1 aromatic carbocycles. The number of carbonyl (C=O) groups excluding carboxylic acids is 2. The van der Waals surface area contributed by atoms with Crippen LogP contribution in [0.5, 0.6) is 0 Å². The molecule has 3 heteroatoms. The summed E-state index contributed by atoms with van der Waals surface area (Å²) in [6, 6.07) is 5.22. The van der Waals surface area contributed by atoms with Crippen molar-refractivity contribution in [1.82, 2.24) is 0 Å². The van der Waals surface area contributed by atoms with Crippen LogP contribution in [0, 0.1) is 0 Å². The third-order valence-electron chi connectivity index (χ3n) is 2.03. The van der Waals surface area contributed by atoms with Gasteiger partial charge in [-0.25, -0.2) is 0 Å². The molecule has 0 radical (unpaired) electrons. The van der Waals surface area contributed by atoms with Gasteiger partial charge in [0.05, 0.1) is 0 Å². The van der Waals surface area contributed by atoms with Crippen molar-refractivity contribution in [2.75, 3.05) is 5.75 Å². The summed E-state index contributed by atoms with van der Waals surface area (Å²) in [6.45, 7) is 0. The van der Waals surface area contributed by atoms with Gasteiger partial charge >= 0.3 is 0 Å². The molecule has 0 saturated heterocycles. The number of rotatable bonds is 1. The molecule has 1 heterocycles. The fraction of sp³-hybridized carbons (Fsp3) is 0.200. The number of hydrogen-bond acceptors (Lipinski definition) is 3. The van der Waals surface area contributed by atoms with Crippen LogP contribution in [0.3, 0.4) is 0 Å². The minimum atomic E-state index is 0.186. The van der Waals surface area contributed by atoms with E-state index >= 15 is 0 Å². The van der Waals surface area contributed by atoms with Crippen molar-refractivity contribution in [1.29, 1.82) is 0 Å². The first-order valence-electron chi connectivity index (χ1n) is 4.06. The molecule has 1 aromatic rings. The Balaban J connectivity index is 2.51. The van der Waals surface area contributed by atoms with Crippen molar-refractivity contribution in [3.8, 4) is 0 Å². The highest BCUT2D eigenvalue weighted by Crippen LogP contribution is 2.30. The molecule has 1 aliphatic heterocycles. The minimum absolute atomic E-state index is 0.186. The summed E-state index contributed by atoms with van der Waals surface area (Å²) >= 11 is 1.64. The van der Waals surface area contributed by atoms with Gasteiger partial charge in [-0.2, -0.15) is 0 Å². The average molecular weight is 192 g/mol. The molecule has 0 saturated carbocycles. The largest absolute Gasteiger partial charge is 0.298 e. The van der Waals surface area contributed by atoms with E-state index in [1.807, 2.05) is 0 Å². The van der Waals surface area contributed by atoms with E-state index in [0.29, 0.717) is 12.0 Å². The summed E-state index contributed by atoms with van der Waals surface area (Å²) in [5.41, 5.74) is 1.41. The van der Waals surface area contributed by atoms with Crippen LogP contribution in [0.2, 0.25) is 0 Å². The third-order valence-corrected chi connectivity index (χ3v) is 3.09. The Morgan fingerprint density at radius 3 is 3.00 bits per heavy atom. The zero-order chi connectivity index (χ0) is 9.26. The SMILES string of the molecule is O=Cc1ccc2c(c1)SCCC2=O. The van der Waals surface area contributed by atoms with Gasteiger partial charge < -0.3 is 0 Å². The van der Waals surface area contributed by atoms with E-state index in [9.17, 15) is 9.59 Å². The molecule has 2 rings (SSSR count). The molecule has 0 spiro atoms. The van der Waals surface area contributed by atoms with Gasteiger partial charge in [0.2, 0.25) is 0 Å².